The maximum Gasteiger partial charge on any atom is 0.312 e. The van der Waals surface area contributed by atoms with Gasteiger partial charge in [-0.15, -0.1) is 0 Å². The smallest absolute Gasteiger partial charge is 0.312 e. The van der Waals surface area contributed by atoms with E-state index in [2.05, 4.69) is 44.4 Å². The van der Waals surface area contributed by atoms with Crippen LogP contribution in [0.4, 0.5) is 0 Å². The van der Waals surface area contributed by atoms with Crippen LogP contribution >= 0.6 is 0 Å². The fourth-order valence-corrected chi connectivity index (χ4v) is 10.9. The average molecular weight is 1000 g/mol. The number of aliphatic hydroxyl groups is 2. The minimum Gasteiger partial charge on any atom is -0.481 e. The molecule has 2 aliphatic heterocycles. The Labute approximate surface area is 426 Å². The van der Waals surface area contributed by atoms with E-state index in [0.29, 0.717) is 102 Å². The zero-order valence-electron chi connectivity index (χ0n) is 41.2. The number of carbonyl (C=O) groups is 2. The van der Waals surface area contributed by atoms with E-state index in [9.17, 15) is 30.0 Å². The van der Waals surface area contributed by atoms with Gasteiger partial charge in [-0.3, -0.25) is 19.4 Å². The van der Waals surface area contributed by atoms with Crippen molar-refractivity contribution < 1.29 is 48.1 Å². The summed E-state index contributed by atoms with van der Waals surface area (Å²) >= 11 is 0. The van der Waals surface area contributed by atoms with Gasteiger partial charge in [-0.25, -0.2) is 0 Å². The highest BCUT2D eigenvalue weighted by Crippen LogP contribution is 2.45. The second kappa shape index (κ2) is 21.8. The topological polar surface area (TPSA) is 251 Å². The Hall–Kier alpha value is -7.64. The van der Waals surface area contributed by atoms with Crippen molar-refractivity contribution >= 4 is 11.9 Å². The van der Waals surface area contributed by atoms with Gasteiger partial charge >= 0.3 is 11.9 Å². The number of hydrogen-bond donors (Lipinski definition) is 4. The molecule has 4 aromatic carbocycles. The number of rotatable bonds is 19. The normalized spacial score (nSPS) is 19.4. The van der Waals surface area contributed by atoms with E-state index >= 15 is 0 Å². The highest BCUT2D eigenvalue weighted by atomic mass is 16.5. The minimum atomic E-state index is -1.51. The summed E-state index contributed by atoms with van der Waals surface area (Å²) in [6, 6.07) is 32.7. The van der Waals surface area contributed by atoms with Gasteiger partial charge < -0.3 is 38.5 Å². The van der Waals surface area contributed by atoms with Crippen molar-refractivity contribution in [1.29, 1.82) is 0 Å². The quantitative estimate of drug-likeness (QED) is 0.0588. The van der Waals surface area contributed by atoms with Crippen LogP contribution < -0.4 is 0 Å². The fraction of sp³-hybridized carbons (Fsp3) is 0.357. The third-order valence-corrected chi connectivity index (χ3v) is 14.5. The van der Waals surface area contributed by atoms with Gasteiger partial charge in [0.15, 0.2) is 22.9 Å². The van der Waals surface area contributed by atoms with E-state index in [1.807, 2.05) is 70.5 Å². The summed E-state index contributed by atoms with van der Waals surface area (Å²) in [5, 5.41) is 62.2. The average Bonchev–Trinajstić information content (AvgIpc) is 4.27. The Balaban J connectivity index is 0.817. The van der Waals surface area contributed by atoms with Crippen LogP contribution in [-0.4, -0.2) is 112 Å². The molecule has 4 N–H and O–H groups in total. The molecule has 0 aliphatic carbocycles. The number of piperidine rings is 2. The van der Waals surface area contributed by atoms with Crippen LogP contribution in [0.3, 0.4) is 0 Å². The molecule has 0 amide bonds. The summed E-state index contributed by atoms with van der Waals surface area (Å²) in [5.41, 5.74) is 5.46. The molecule has 382 valence electrons. The lowest BCUT2D eigenvalue weighted by Crippen LogP contribution is -2.65. The molecule has 18 nitrogen and oxygen atoms in total. The summed E-state index contributed by atoms with van der Waals surface area (Å²) in [4.78, 5) is 39.8. The van der Waals surface area contributed by atoms with Crippen molar-refractivity contribution in [3.05, 3.63) is 131 Å². The van der Waals surface area contributed by atoms with E-state index in [1.54, 1.807) is 48.5 Å². The Morgan fingerprint density at radius 1 is 0.622 bits per heavy atom. The summed E-state index contributed by atoms with van der Waals surface area (Å²) in [6.45, 7) is 5.20. The van der Waals surface area contributed by atoms with Crippen LogP contribution in [0.1, 0.15) is 86.8 Å². The fourth-order valence-electron chi connectivity index (χ4n) is 10.9. The molecular formula is C56H58N8O10. The van der Waals surface area contributed by atoms with Crippen LogP contribution in [0.2, 0.25) is 0 Å². The number of nitrogens with zero attached hydrogens (tertiary/aromatic N) is 8. The molecular weight excluding hydrogens is 945 g/mol. The van der Waals surface area contributed by atoms with Crippen LogP contribution in [0.25, 0.3) is 68.6 Å². The van der Waals surface area contributed by atoms with Gasteiger partial charge in [-0.05, 0) is 62.7 Å². The second-order valence-electron chi connectivity index (χ2n) is 19.4. The van der Waals surface area contributed by atoms with Gasteiger partial charge in [-0.2, -0.15) is 9.97 Å². The zero-order chi connectivity index (χ0) is 51.3. The molecule has 4 unspecified atom stereocenters. The van der Waals surface area contributed by atoms with Crippen LogP contribution in [0.5, 0.6) is 0 Å². The van der Waals surface area contributed by atoms with Gasteiger partial charge in [0.1, 0.15) is 0 Å². The van der Waals surface area contributed by atoms with Crippen molar-refractivity contribution in [2.75, 3.05) is 32.7 Å². The molecule has 0 spiro atoms. The molecule has 0 bridgehead atoms. The van der Waals surface area contributed by atoms with Gasteiger partial charge in [0.25, 0.3) is 11.8 Å². The third kappa shape index (κ3) is 10.0. The number of benzene rings is 4. The van der Waals surface area contributed by atoms with E-state index in [4.69, 9.17) is 18.1 Å². The monoisotopic (exact) mass is 1000 g/mol. The molecule has 2 aliphatic rings. The van der Waals surface area contributed by atoms with Crippen LogP contribution in [0.15, 0.2) is 127 Å². The SMILES string of the molecule is CCCc1c(-c2nc(-c3ccc(C(O)CN4CCC[C@@](C(=O)O)(C5C(C(=O)O)CCCN5CC(O)c5ccc(-c6noc(-c7noc(-c8ccccc8)c7CCC)n6)cc5)C4)cc3)no2)noc1-c1ccccc1. The molecule has 2 fully saturated rings. The van der Waals surface area contributed by atoms with E-state index in [0.717, 1.165) is 35.1 Å². The number of aromatic nitrogens is 6. The maximum atomic E-state index is 13.7. The second-order valence-corrected chi connectivity index (χ2v) is 19.4. The number of hydrogen-bond acceptors (Lipinski definition) is 16. The standard InChI is InChI=1S/C56H58N8O10/c1-3-13-40-45(59-71-47(40)36-15-7-5-8-16-36)52-57-50(61-73-52)38-24-20-34(21-25-38)43(65)31-63-29-12-28-56(33-63,55(69)70)49-42(54(67)68)19-11-30-64(49)32-44(66)35-22-26-39(27-23-35)51-58-53(74-62-51)46-41(14-4-2)48(72-60-46)37-17-9-6-10-18-37/h5-10,15-18,20-27,42-44,49,65-66H,3-4,11-14,19,28-33H2,1-2H3,(H,67,68)(H,69,70)/t42?,43?,44?,49?,56-/m0/s1. The number of likely N-dealkylation sites (tertiary alicyclic amines) is 2. The van der Waals surface area contributed by atoms with E-state index < -0.39 is 41.5 Å². The zero-order valence-corrected chi connectivity index (χ0v) is 41.2. The summed E-state index contributed by atoms with van der Waals surface area (Å²) in [5.74, 6) is -0.751. The van der Waals surface area contributed by atoms with Gasteiger partial charge in [0.05, 0.1) is 23.5 Å². The molecule has 10 rings (SSSR count). The number of aliphatic carboxylic acids is 2. The molecule has 5 atom stereocenters. The largest absolute Gasteiger partial charge is 0.481 e. The number of carboxylic acids is 2. The van der Waals surface area contributed by atoms with Crippen molar-refractivity contribution in [3.8, 4) is 68.6 Å². The Morgan fingerprint density at radius 2 is 1.12 bits per heavy atom. The summed E-state index contributed by atoms with van der Waals surface area (Å²) < 4.78 is 22.9. The highest BCUT2D eigenvalue weighted by molar-refractivity contribution is 5.79. The molecule has 4 aromatic heterocycles. The predicted molar refractivity (Wildman–Crippen MR) is 271 cm³/mol. The van der Waals surface area contributed by atoms with Crippen molar-refractivity contribution in [2.45, 2.75) is 83.5 Å². The van der Waals surface area contributed by atoms with Crippen LogP contribution in [0, 0.1) is 11.3 Å². The minimum absolute atomic E-state index is 0.00928. The Morgan fingerprint density at radius 3 is 1.59 bits per heavy atom. The maximum absolute atomic E-state index is 13.7. The van der Waals surface area contributed by atoms with Crippen molar-refractivity contribution in [2.24, 2.45) is 11.3 Å². The lowest BCUT2D eigenvalue weighted by molar-refractivity contribution is -0.170. The molecule has 6 heterocycles. The molecule has 0 radical (unpaired) electrons. The lowest BCUT2D eigenvalue weighted by Gasteiger charge is -2.52. The van der Waals surface area contributed by atoms with Crippen molar-refractivity contribution in [1.82, 2.24) is 40.4 Å². The first-order valence-corrected chi connectivity index (χ1v) is 25.3. The van der Waals surface area contributed by atoms with Gasteiger partial charge in [0, 0.05) is 59.1 Å². The summed E-state index contributed by atoms with van der Waals surface area (Å²) in [7, 11) is 0. The molecule has 18 heteroatoms. The Bertz CT molecular complexity index is 3170. The third-order valence-electron chi connectivity index (χ3n) is 14.5. The predicted octanol–water partition coefficient (Wildman–Crippen LogP) is 9.43. The molecule has 74 heavy (non-hydrogen) atoms. The number of carboxylic acid groups (broad SMARTS) is 2. The first-order valence-electron chi connectivity index (χ1n) is 25.3. The number of aliphatic hydroxyl groups excluding tert-OH is 2. The van der Waals surface area contributed by atoms with Gasteiger partial charge in [-0.1, -0.05) is 157 Å². The molecule has 2 saturated heterocycles. The summed E-state index contributed by atoms with van der Waals surface area (Å²) in [6.07, 6.45) is 2.56. The number of β-amino-alcohol motifs (C(OH)–C–C–N with tert-alkyl or cyclic N) is 2. The van der Waals surface area contributed by atoms with E-state index in [1.165, 1.54) is 0 Å². The van der Waals surface area contributed by atoms with Gasteiger partial charge in [0.2, 0.25) is 11.6 Å². The van der Waals surface area contributed by atoms with Crippen LogP contribution in [-0.2, 0) is 22.4 Å². The highest BCUT2D eigenvalue weighted by Gasteiger charge is 2.56. The molecule has 0 saturated carbocycles. The first kappa shape index (κ1) is 49.9. The first-order chi connectivity index (χ1) is 36.0. The van der Waals surface area contributed by atoms with Crippen molar-refractivity contribution in [3.63, 3.8) is 0 Å². The molecule has 8 aromatic rings. The lowest BCUT2D eigenvalue weighted by atomic mass is 9.66. The van der Waals surface area contributed by atoms with E-state index in [-0.39, 0.29) is 37.8 Å². The Kier molecular flexibility index (Phi) is 14.7.